The van der Waals surface area contributed by atoms with E-state index < -0.39 is 6.10 Å². The van der Waals surface area contributed by atoms with E-state index in [9.17, 15) is 5.11 Å². The minimum atomic E-state index is -0.438. The van der Waals surface area contributed by atoms with E-state index in [0.717, 1.165) is 41.4 Å². The van der Waals surface area contributed by atoms with Crippen LogP contribution in [0.2, 0.25) is 0 Å². The molecule has 2 aliphatic heterocycles. The number of aliphatic hydroxyl groups excluding tert-OH is 1. The average Bonchev–Trinajstić information content (AvgIpc) is 2.39. The Labute approximate surface area is 111 Å². The zero-order chi connectivity index (χ0) is 12.6. The van der Waals surface area contributed by atoms with Crippen molar-refractivity contribution >= 4 is 11.8 Å². The fourth-order valence-corrected chi connectivity index (χ4v) is 4.03. The number of ether oxygens (including phenoxy) is 2. The number of benzene rings is 1. The molecule has 0 aliphatic carbocycles. The SMILES string of the molecule is COc1ccc2c(c1)[C@@H](O)CC1(CCSCC1)O2. The lowest BCUT2D eigenvalue weighted by Crippen LogP contribution is -2.44. The Balaban J connectivity index is 1.92. The van der Waals surface area contributed by atoms with E-state index in [4.69, 9.17) is 9.47 Å². The molecule has 2 aliphatic rings. The highest BCUT2D eigenvalue weighted by Crippen LogP contribution is 2.46. The van der Waals surface area contributed by atoms with Crippen LogP contribution in [0, 0.1) is 0 Å². The molecule has 0 unspecified atom stereocenters. The molecule has 0 bridgehead atoms. The molecule has 0 radical (unpaired) electrons. The van der Waals surface area contributed by atoms with Gasteiger partial charge in [-0.2, -0.15) is 11.8 Å². The molecular formula is C14H18O3S. The molecule has 0 saturated carbocycles. The second-order valence-electron chi connectivity index (χ2n) is 5.02. The van der Waals surface area contributed by atoms with Gasteiger partial charge in [-0.1, -0.05) is 0 Å². The van der Waals surface area contributed by atoms with E-state index in [1.54, 1.807) is 7.11 Å². The summed E-state index contributed by atoms with van der Waals surface area (Å²) in [6.45, 7) is 0. The first-order chi connectivity index (χ1) is 8.72. The van der Waals surface area contributed by atoms with Gasteiger partial charge in [0, 0.05) is 12.0 Å². The van der Waals surface area contributed by atoms with E-state index in [1.807, 2.05) is 30.0 Å². The molecular weight excluding hydrogens is 248 g/mol. The highest BCUT2D eigenvalue weighted by atomic mass is 32.2. The first kappa shape index (κ1) is 12.2. The maximum Gasteiger partial charge on any atom is 0.126 e. The van der Waals surface area contributed by atoms with Gasteiger partial charge in [0.05, 0.1) is 13.2 Å². The number of hydrogen-bond donors (Lipinski definition) is 1. The van der Waals surface area contributed by atoms with Crippen LogP contribution >= 0.6 is 11.8 Å². The van der Waals surface area contributed by atoms with Gasteiger partial charge in [-0.25, -0.2) is 0 Å². The number of aliphatic hydroxyl groups is 1. The predicted octanol–water partition coefficient (Wildman–Crippen LogP) is 2.78. The van der Waals surface area contributed by atoms with E-state index in [1.165, 1.54) is 0 Å². The van der Waals surface area contributed by atoms with E-state index in [2.05, 4.69) is 0 Å². The smallest absolute Gasteiger partial charge is 0.126 e. The molecule has 0 aromatic heterocycles. The second kappa shape index (κ2) is 4.67. The molecule has 2 heterocycles. The van der Waals surface area contributed by atoms with Crippen LogP contribution in [0.4, 0.5) is 0 Å². The molecule has 18 heavy (non-hydrogen) atoms. The Morgan fingerprint density at radius 2 is 2.17 bits per heavy atom. The molecule has 4 heteroatoms. The largest absolute Gasteiger partial charge is 0.497 e. The third-order valence-electron chi connectivity index (χ3n) is 3.87. The number of hydrogen-bond acceptors (Lipinski definition) is 4. The Morgan fingerprint density at radius 3 is 2.89 bits per heavy atom. The number of rotatable bonds is 1. The van der Waals surface area contributed by atoms with Crippen molar-refractivity contribution in [3.63, 3.8) is 0 Å². The lowest BCUT2D eigenvalue weighted by Gasteiger charge is -2.43. The summed E-state index contributed by atoms with van der Waals surface area (Å²) < 4.78 is 11.4. The minimum Gasteiger partial charge on any atom is -0.497 e. The molecule has 1 N–H and O–H groups in total. The standard InChI is InChI=1S/C14H18O3S/c1-16-10-2-3-13-11(8-10)12(15)9-14(17-13)4-6-18-7-5-14/h2-3,8,12,15H,4-7,9H2,1H3/t12-/m0/s1. The summed E-state index contributed by atoms with van der Waals surface area (Å²) in [5.74, 6) is 3.84. The van der Waals surface area contributed by atoms with Crippen LogP contribution in [0.15, 0.2) is 18.2 Å². The topological polar surface area (TPSA) is 38.7 Å². The fourth-order valence-electron chi connectivity index (χ4n) is 2.79. The summed E-state index contributed by atoms with van der Waals surface area (Å²) in [5, 5.41) is 10.4. The molecule has 1 spiro atoms. The van der Waals surface area contributed by atoms with Crippen molar-refractivity contribution in [1.82, 2.24) is 0 Å². The highest BCUT2D eigenvalue weighted by molar-refractivity contribution is 7.99. The molecule has 1 aromatic rings. The van der Waals surface area contributed by atoms with Crippen LogP contribution in [-0.4, -0.2) is 29.3 Å². The third-order valence-corrected chi connectivity index (χ3v) is 4.86. The Kier molecular flexibility index (Phi) is 3.16. The number of fused-ring (bicyclic) bond motifs is 1. The van der Waals surface area contributed by atoms with Gasteiger partial charge in [0.1, 0.15) is 17.1 Å². The molecule has 98 valence electrons. The van der Waals surface area contributed by atoms with Gasteiger partial charge in [-0.15, -0.1) is 0 Å². The summed E-state index contributed by atoms with van der Waals surface area (Å²) in [4.78, 5) is 0. The van der Waals surface area contributed by atoms with Gasteiger partial charge in [0.25, 0.3) is 0 Å². The summed E-state index contributed by atoms with van der Waals surface area (Å²) in [7, 11) is 1.64. The Hall–Kier alpha value is -0.870. The predicted molar refractivity (Wildman–Crippen MR) is 72.5 cm³/mol. The highest BCUT2D eigenvalue weighted by Gasteiger charge is 2.41. The lowest BCUT2D eigenvalue weighted by molar-refractivity contribution is -0.0199. The zero-order valence-electron chi connectivity index (χ0n) is 10.5. The fraction of sp³-hybridized carbons (Fsp3) is 0.571. The molecule has 1 aromatic carbocycles. The van der Waals surface area contributed by atoms with E-state index >= 15 is 0 Å². The van der Waals surface area contributed by atoms with Gasteiger partial charge < -0.3 is 14.6 Å². The number of methoxy groups -OCH3 is 1. The first-order valence-corrected chi connectivity index (χ1v) is 7.51. The van der Waals surface area contributed by atoms with Crippen LogP contribution in [0.1, 0.15) is 30.9 Å². The summed E-state index contributed by atoms with van der Waals surface area (Å²) in [6.07, 6.45) is 2.32. The van der Waals surface area contributed by atoms with Crippen molar-refractivity contribution in [2.75, 3.05) is 18.6 Å². The van der Waals surface area contributed by atoms with Crippen molar-refractivity contribution in [3.05, 3.63) is 23.8 Å². The van der Waals surface area contributed by atoms with Crippen LogP contribution in [0.5, 0.6) is 11.5 Å². The summed E-state index contributed by atoms with van der Waals surface area (Å²) in [6, 6.07) is 5.69. The van der Waals surface area contributed by atoms with Crippen molar-refractivity contribution in [1.29, 1.82) is 0 Å². The minimum absolute atomic E-state index is 0.147. The normalized spacial score (nSPS) is 25.3. The quantitative estimate of drug-likeness (QED) is 0.848. The van der Waals surface area contributed by atoms with Crippen LogP contribution in [-0.2, 0) is 0 Å². The molecule has 3 rings (SSSR count). The van der Waals surface area contributed by atoms with Crippen LogP contribution in [0.25, 0.3) is 0 Å². The van der Waals surface area contributed by atoms with Gasteiger partial charge in [0.2, 0.25) is 0 Å². The Morgan fingerprint density at radius 1 is 1.39 bits per heavy atom. The average molecular weight is 266 g/mol. The zero-order valence-corrected chi connectivity index (χ0v) is 11.3. The van der Waals surface area contributed by atoms with E-state index in [-0.39, 0.29) is 5.60 Å². The molecule has 1 saturated heterocycles. The van der Waals surface area contributed by atoms with Gasteiger partial charge >= 0.3 is 0 Å². The monoisotopic (exact) mass is 266 g/mol. The summed E-state index contributed by atoms with van der Waals surface area (Å²) >= 11 is 1.97. The third kappa shape index (κ3) is 2.08. The molecule has 3 nitrogen and oxygen atoms in total. The maximum atomic E-state index is 10.4. The summed E-state index contributed by atoms with van der Waals surface area (Å²) in [5.41, 5.74) is 0.713. The molecule has 0 amide bonds. The lowest BCUT2D eigenvalue weighted by atomic mass is 9.84. The van der Waals surface area contributed by atoms with Gasteiger partial charge in [0.15, 0.2) is 0 Å². The van der Waals surface area contributed by atoms with Crippen molar-refractivity contribution < 1.29 is 14.6 Å². The van der Waals surface area contributed by atoms with Gasteiger partial charge in [-0.3, -0.25) is 0 Å². The van der Waals surface area contributed by atoms with Gasteiger partial charge in [-0.05, 0) is 42.5 Å². The van der Waals surface area contributed by atoms with Crippen molar-refractivity contribution in [2.45, 2.75) is 31.0 Å². The molecule has 1 fully saturated rings. The van der Waals surface area contributed by atoms with E-state index in [0.29, 0.717) is 6.42 Å². The van der Waals surface area contributed by atoms with Crippen molar-refractivity contribution in [3.8, 4) is 11.5 Å². The maximum absolute atomic E-state index is 10.4. The molecule has 1 atom stereocenters. The number of thioether (sulfide) groups is 1. The second-order valence-corrected chi connectivity index (χ2v) is 6.25. The van der Waals surface area contributed by atoms with Crippen molar-refractivity contribution in [2.24, 2.45) is 0 Å². The van der Waals surface area contributed by atoms with Crippen LogP contribution < -0.4 is 9.47 Å². The first-order valence-electron chi connectivity index (χ1n) is 6.35. The van der Waals surface area contributed by atoms with Crippen LogP contribution in [0.3, 0.4) is 0 Å². The Bertz CT molecular complexity index is 441.